The zero-order valence-electron chi connectivity index (χ0n) is 16.5. The van der Waals surface area contributed by atoms with Crippen LogP contribution in [-0.4, -0.2) is 47.1 Å². The number of para-hydroxylation sites is 1. The molecule has 29 heavy (non-hydrogen) atoms. The van der Waals surface area contributed by atoms with Crippen molar-refractivity contribution in [3.63, 3.8) is 0 Å². The average Bonchev–Trinajstić information content (AvgIpc) is 3.20. The predicted octanol–water partition coefficient (Wildman–Crippen LogP) is 4.05. The van der Waals surface area contributed by atoms with Gasteiger partial charge in [0.1, 0.15) is 12.5 Å². The van der Waals surface area contributed by atoms with Crippen LogP contribution in [0.2, 0.25) is 0 Å². The number of aryl methyl sites for hydroxylation is 1. The Morgan fingerprint density at radius 3 is 2.72 bits per heavy atom. The molecule has 152 valence electrons. The second-order valence-corrected chi connectivity index (χ2v) is 7.80. The number of benzene rings is 2. The highest BCUT2D eigenvalue weighted by atomic mass is 32.2. The van der Waals surface area contributed by atoms with Gasteiger partial charge in [0.2, 0.25) is 0 Å². The first-order chi connectivity index (χ1) is 14.3. The van der Waals surface area contributed by atoms with Crippen LogP contribution < -0.4 is 4.74 Å². The lowest BCUT2D eigenvalue weighted by molar-refractivity contribution is -0.130. The Morgan fingerprint density at radius 1 is 1.10 bits per heavy atom. The van der Waals surface area contributed by atoms with E-state index in [4.69, 9.17) is 14.2 Å². The molecule has 7 heteroatoms. The minimum absolute atomic E-state index is 0.183. The van der Waals surface area contributed by atoms with Gasteiger partial charge in [-0.3, -0.25) is 0 Å². The van der Waals surface area contributed by atoms with Crippen LogP contribution in [0.3, 0.4) is 0 Å². The van der Waals surface area contributed by atoms with Crippen LogP contribution in [0.25, 0.3) is 11.4 Å². The fourth-order valence-electron chi connectivity index (χ4n) is 3.31. The minimum Gasteiger partial charge on any atom is -0.496 e. The number of rotatable bonds is 8. The van der Waals surface area contributed by atoms with Gasteiger partial charge in [-0.15, -0.1) is 10.2 Å². The number of hydrogen-bond donors (Lipinski definition) is 0. The second-order valence-electron chi connectivity index (χ2n) is 6.81. The standard InChI is InChI=1S/C22H25N3O3S/c1-26-20-10-6-5-9-19(20)21-23-24-22(29-15-18-12-14-27-16-28-18)25(21)13-11-17-7-3-2-4-8-17/h2-10,18H,11-16H2,1H3/t18-/m1/s1. The van der Waals surface area contributed by atoms with Crippen molar-refractivity contribution in [3.05, 3.63) is 60.2 Å². The van der Waals surface area contributed by atoms with Gasteiger partial charge in [0, 0.05) is 12.3 Å². The summed E-state index contributed by atoms with van der Waals surface area (Å²) in [4.78, 5) is 0. The number of ether oxygens (including phenoxy) is 3. The Balaban J connectivity index is 1.59. The van der Waals surface area contributed by atoms with Gasteiger partial charge in [0.05, 0.1) is 25.4 Å². The van der Waals surface area contributed by atoms with Crippen molar-refractivity contribution in [2.24, 2.45) is 0 Å². The highest BCUT2D eigenvalue weighted by Gasteiger charge is 2.20. The molecule has 0 spiro atoms. The summed E-state index contributed by atoms with van der Waals surface area (Å²) in [6, 6.07) is 18.4. The van der Waals surface area contributed by atoms with E-state index < -0.39 is 0 Å². The molecule has 1 aromatic heterocycles. The van der Waals surface area contributed by atoms with Gasteiger partial charge < -0.3 is 18.8 Å². The molecule has 0 radical (unpaired) electrons. The van der Waals surface area contributed by atoms with Crippen LogP contribution in [0, 0.1) is 0 Å². The molecule has 0 unspecified atom stereocenters. The molecule has 4 rings (SSSR count). The first-order valence-electron chi connectivity index (χ1n) is 9.78. The van der Waals surface area contributed by atoms with Crippen molar-refractivity contribution in [1.29, 1.82) is 0 Å². The highest BCUT2D eigenvalue weighted by molar-refractivity contribution is 7.99. The molecule has 6 nitrogen and oxygen atoms in total. The minimum atomic E-state index is 0.183. The summed E-state index contributed by atoms with van der Waals surface area (Å²) in [6.07, 6.45) is 2.00. The van der Waals surface area contributed by atoms with Gasteiger partial charge in [-0.05, 0) is 30.5 Å². The van der Waals surface area contributed by atoms with E-state index >= 15 is 0 Å². The summed E-state index contributed by atoms with van der Waals surface area (Å²) in [6.45, 7) is 1.91. The topological polar surface area (TPSA) is 58.4 Å². The van der Waals surface area contributed by atoms with E-state index in [0.29, 0.717) is 6.79 Å². The van der Waals surface area contributed by atoms with Gasteiger partial charge in [-0.2, -0.15) is 0 Å². The molecule has 1 saturated heterocycles. The molecule has 0 amide bonds. The van der Waals surface area contributed by atoms with Gasteiger partial charge in [-0.25, -0.2) is 0 Å². The van der Waals surface area contributed by atoms with Crippen LogP contribution in [0.1, 0.15) is 12.0 Å². The summed E-state index contributed by atoms with van der Waals surface area (Å²) >= 11 is 1.69. The zero-order valence-corrected chi connectivity index (χ0v) is 17.3. The molecule has 1 aliphatic rings. The number of hydrogen-bond acceptors (Lipinski definition) is 6. The van der Waals surface area contributed by atoms with Crippen LogP contribution in [0.4, 0.5) is 0 Å². The third kappa shape index (κ3) is 4.98. The van der Waals surface area contributed by atoms with Gasteiger partial charge >= 0.3 is 0 Å². The van der Waals surface area contributed by atoms with Crippen molar-refractivity contribution < 1.29 is 14.2 Å². The van der Waals surface area contributed by atoms with E-state index in [1.54, 1.807) is 18.9 Å². The maximum absolute atomic E-state index is 5.68. The van der Waals surface area contributed by atoms with Crippen molar-refractivity contribution in [1.82, 2.24) is 14.8 Å². The maximum Gasteiger partial charge on any atom is 0.191 e. The fraction of sp³-hybridized carbons (Fsp3) is 0.364. The summed E-state index contributed by atoms with van der Waals surface area (Å²) < 4.78 is 18.7. The quantitative estimate of drug-likeness (QED) is 0.521. The SMILES string of the molecule is COc1ccccc1-c1nnc(SC[C@H]2CCOCO2)n1CCc1ccccc1. The first kappa shape index (κ1) is 19.9. The molecule has 0 aliphatic carbocycles. The summed E-state index contributed by atoms with van der Waals surface area (Å²) in [5.74, 6) is 2.46. The Morgan fingerprint density at radius 2 is 1.93 bits per heavy atom. The van der Waals surface area contributed by atoms with Gasteiger partial charge in [0.15, 0.2) is 11.0 Å². The van der Waals surface area contributed by atoms with Crippen LogP contribution in [-0.2, 0) is 22.4 Å². The molecular weight excluding hydrogens is 386 g/mol. The van der Waals surface area contributed by atoms with Gasteiger partial charge in [0.25, 0.3) is 0 Å². The Labute approximate surface area is 175 Å². The second kappa shape index (κ2) is 9.91. The lowest BCUT2D eigenvalue weighted by Gasteiger charge is -2.22. The number of nitrogens with zero attached hydrogens (tertiary/aromatic N) is 3. The third-order valence-corrected chi connectivity index (χ3v) is 6.00. The lowest BCUT2D eigenvalue weighted by Crippen LogP contribution is -2.25. The van der Waals surface area contributed by atoms with Crippen LogP contribution in [0.15, 0.2) is 59.8 Å². The van der Waals surface area contributed by atoms with Gasteiger partial charge in [-0.1, -0.05) is 54.2 Å². The summed E-state index contributed by atoms with van der Waals surface area (Å²) in [7, 11) is 1.68. The number of thioether (sulfide) groups is 1. The van der Waals surface area contributed by atoms with E-state index in [1.807, 2.05) is 30.3 Å². The lowest BCUT2D eigenvalue weighted by atomic mass is 10.1. The molecule has 0 saturated carbocycles. The fourth-order valence-corrected chi connectivity index (χ4v) is 4.34. The van der Waals surface area contributed by atoms with E-state index in [-0.39, 0.29) is 6.10 Å². The van der Waals surface area contributed by atoms with E-state index in [9.17, 15) is 0 Å². The van der Waals surface area contributed by atoms with E-state index in [2.05, 4.69) is 39.0 Å². The molecule has 1 aliphatic heterocycles. The summed E-state index contributed by atoms with van der Waals surface area (Å²) in [5, 5.41) is 9.92. The molecule has 1 atom stereocenters. The first-order valence-corrected chi connectivity index (χ1v) is 10.8. The Kier molecular flexibility index (Phi) is 6.82. The van der Waals surface area contributed by atoms with Crippen molar-refractivity contribution in [2.45, 2.75) is 30.6 Å². The molecule has 0 bridgehead atoms. The van der Waals surface area contributed by atoms with Crippen molar-refractivity contribution in [3.8, 4) is 17.1 Å². The monoisotopic (exact) mass is 411 g/mol. The third-order valence-electron chi connectivity index (χ3n) is 4.90. The Bertz CT molecular complexity index is 911. The number of aromatic nitrogens is 3. The predicted molar refractivity (Wildman–Crippen MR) is 113 cm³/mol. The normalized spacial score (nSPS) is 16.7. The molecule has 1 fully saturated rings. The van der Waals surface area contributed by atoms with Crippen molar-refractivity contribution in [2.75, 3.05) is 26.3 Å². The molecule has 2 aromatic carbocycles. The molecule has 3 aromatic rings. The smallest absolute Gasteiger partial charge is 0.191 e. The van der Waals surface area contributed by atoms with E-state index in [0.717, 1.165) is 54.0 Å². The molecule has 0 N–H and O–H groups in total. The van der Waals surface area contributed by atoms with Crippen molar-refractivity contribution >= 4 is 11.8 Å². The number of methoxy groups -OCH3 is 1. The zero-order chi connectivity index (χ0) is 19.9. The van der Waals surface area contributed by atoms with Crippen LogP contribution >= 0.6 is 11.8 Å². The molecular formula is C22H25N3O3S. The average molecular weight is 412 g/mol. The largest absolute Gasteiger partial charge is 0.496 e. The molecule has 2 heterocycles. The van der Waals surface area contributed by atoms with Crippen LogP contribution in [0.5, 0.6) is 5.75 Å². The van der Waals surface area contributed by atoms with E-state index in [1.165, 1.54) is 5.56 Å². The highest BCUT2D eigenvalue weighted by Crippen LogP contribution is 2.31. The Hall–Kier alpha value is -2.35. The summed E-state index contributed by atoms with van der Waals surface area (Å²) in [5.41, 5.74) is 2.24. The maximum atomic E-state index is 5.68.